The van der Waals surface area contributed by atoms with Crippen LogP contribution in [0.25, 0.3) is 0 Å². The Morgan fingerprint density at radius 2 is 2.11 bits per heavy atom. The first kappa shape index (κ1) is 13.7. The molecule has 1 heterocycles. The highest BCUT2D eigenvalue weighted by molar-refractivity contribution is 5.70. The minimum atomic E-state index is -0.390. The first-order chi connectivity index (χ1) is 9.08. The number of esters is 1. The lowest BCUT2D eigenvalue weighted by molar-refractivity contribution is -0.151. The maximum atomic E-state index is 11.9. The van der Waals surface area contributed by atoms with Crippen molar-refractivity contribution >= 4 is 12.1 Å². The Morgan fingerprint density at radius 1 is 1.37 bits per heavy atom. The summed E-state index contributed by atoms with van der Waals surface area (Å²) < 4.78 is 10.2. The number of hydrogen-bond donors (Lipinski definition) is 0. The van der Waals surface area contributed by atoms with Gasteiger partial charge in [-0.05, 0) is 25.7 Å². The van der Waals surface area contributed by atoms with Crippen LogP contribution in [0.5, 0.6) is 0 Å². The number of rotatable bonds is 1. The van der Waals surface area contributed by atoms with Gasteiger partial charge in [-0.15, -0.1) is 6.42 Å². The Bertz CT molecular complexity index is 414. The van der Waals surface area contributed by atoms with Gasteiger partial charge in [0, 0.05) is 18.9 Å². The minimum absolute atomic E-state index is 0.0200. The fourth-order valence-electron chi connectivity index (χ4n) is 3.34. The van der Waals surface area contributed by atoms with Crippen molar-refractivity contribution in [2.75, 3.05) is 7.11 Å². The molecule has 0 radical (unpaired) electrons. The highest BCUT2D eigenvalue weighted by Crippen LogP contribution is 2.41. The zero-order valence-corrected chi connectivity index (χ0v) is 11.3. The van der Waals surface area contributed by atoms with E-state index in [-0.39, 0.29) is 36.2 Å². The molecular formula is C14H19NO4. The van der Waals surface area contributed by atoms with Gasteiger partial charge in [-0.25, -0.2) is 4.79 Å². The molecule has 19 heavy (non-hydrogen) atoms. The van der Waals surface area contributed by atoms with E-state index in [0.29, 0.717) is 6.42 Å². The molecule has 0 bridgehead atoms. The van der Waals surface area contributed by atoms with Gasteiger partial charge in [-0.1, -0.05) is 5.92 Å². The van der Waals surface area contributed by atoms with Crippen LogP contribution in [0.1, 0.15) is 32.6 Å². The summed E-state index contributed by atoms with van der Waals surface area (Å²) in [5.74, 6) is 2.49. The highest BCUT2D eigenvalue weighted by atomic mass is 16.5. The number of nitrogens with zero attached hydrogens (tertiary/aromatic N) is 1. The molecule has 0 aromatic carbocycles. The number of hydrogen-bond acceptors (Lipinski definition) is 4. The van der Waals surface area contributed by atoms with E-state index in [1.54, 1.807) is 4.90 Å². The maximum Gasteiger partial charge on any atom is 0.410 e. The second kappa shape index (κ2) is 5.52. The predicted molar refractivity (Wildman–Crippen MR) is 68.2 cm³/mol. The molecular weight excluding hydrogens is 246 g/mol. The summed E-state index contributed by atoms with van der Waals surface area (Å²) >= 11 is 0. The third-order valence-corrected chi connectivity index (χ3v) is 4.04. The van der Waals surface area contributed by atoms with Gasteiger partial charge in [0.25, 0.3) is 0 Å². The number of methoxy groups -OCH3 is 1. The Kier molecular flexibility index (Phi) is 3.98. The van der Waals surface area contributed by atoms with Crippen molar-refractivity contribution < 1.29 is 19.1 Å². The zero-order valence-electron chi connectivity index (χ0n) is 11.3. The third kappa shape index (κ3) is 2.53. The smallest absolute Gasteiger partial charge is 0.410 e. The molecule has 1 unspecified atom stereocenters. The molecule has 2 fully saturated rings. The van der Waals surface area contributed by atoms with Crippen molar-refractivity contribution in [2.24, 2.45) is 5.92 Å². The normalized spacial score (nSPS) is 33.2. The van der Waals surface area contributed by atoms with Crippen LogP contribution in [0.15, 0.2) is 0 Å². The Morgan fingerprint density at radius 3 is 2.68 bits per heavy atom. The fraction of sp³-hybridized carbons (Fsp3) is 0.714. The average Bonchev–Trinajstić information content (AvgIpc) is 2.77. The summed E-state index contributed by atoms with van der Waals surface area (Å²) in [7, 11) is 1.36. The SMILES string of the molecule is C#CC1C[C@H]2[C@@H](OC(C)=O)CCC[C@H]2N1C(=O)OC. The second-order valence-corrected chi connectivity index (χ2v) is 5.11. The molecule has 1 amide bonds. The van der Waals surface area contributed by atoms with E-state index in [4.69, 9.17) is 15.9 Å². The summed E-state index contributed by atoms with van der Waals surface area (Å²) in [5, 5.41) is 0. The lowest BCUT2D eigenvalue weighted by atomic mass is 9.82. The average molecular weight is 265 g/mol. The van der Waals surface area contributed by atoms with Crippen molar-refractivity contribution in [1.29, 1.82) is 0 Å². The van der Waals surface area contributed by atoms with Crippen LogP contribution in [0, 0.1) is 18.3 Å². The molecule has 104 valence electrons. The van der Waals surface area contributed by atoms with Gasteiger partial charge in [0.1, 0.15) is 6.10 Å². The summed E-state index contributed by atoms with van der Waals surface area (Å²) in [6.45, 7) is 1.41. The van der Waals surface area contributed by atoms with Crippen molar-refractivity contribution in [2.45, 2.75) is 50.8 Å². The number of likely N-dealkylation sites (tertiary alicyclic amines) is 1. The predicted octanol–water partition coefficient (Wildman–Crippen LogP) is 1.56. The van der Waals surface area contributed by atoms with E-state index >= 15 is 0 Å². The molecule has 1 saturated heterocycles. The van der Waals surface area contributed by atoms with E-state index in [0.717, 1.165) is 19.3 Å². The molecule has 1 aliphatic carbocycles. The molecule has 2 rings (SSSR count). The van der Waals surface area contributed by atoms with Gasteiger partial charge in [-0.2, -0.15) is 0 Å². The van der Waals surface area contributed by atoms with Crippen molar-refractivity contribution in [3.63, 3.8) is 0 Å². The Hall–Kier alpha value is -1.70. The molecule has 0 spiro atoms. The molecule has 2 aliphatic rings. The number of fused-ring (bicyclic) bond motifs is 1. The van der Waals surface area contributed by atoms with Crippen LogP contribution in [0.3, 0.4) is 0 Å². The minimum Gasteiger partial charge on any atom is -0.462 e. The molecule has 0 N–H and O–H groups in total. The Balaban J connectivity index is 2.19. The lowest BCUT2D eigenvalue weighted by Gasteiger charge is -2.35. The van der Waals surface area contributed by atoms with Gasteiger partial charge < -0.3 is 9.47 Å². The van der Waals surface area contributed by atoms with Gasteiger partial charge in [-0.3, -0.25) is 9.69 Å². The van der Waals surface area contributed by atoms with Gasteiger partial charge in [0.15, 0.2) is 0 Å². The third-order valence-electron chi connectivity index (χ3n) is 4.04. The molecule has 5 nitrogen and oxygen atoms in total. The summed E-state index contributed by atoms with van der Waals surface area (Å²) in [5.41, 5.74) is 0. The number of ether oxygens (including phenoxy) is 2. The van der Waals surface area contributed by atoms with Gasteiger partial charge >= 0.3 is 12.1 Å². The van der Waals surface area contributed by atoms with Gasteiger partial charge in [0.2, 0.25) is 0 Å². The fourth-order valence-corrected chi connectivity index (χ4v) is 3.34. The van der Waals surface area contributed by atoms with Crippen molar-refractivity contribution in [3.8, 4) is 12.3 Å². The first-order valence-electron chi connectivity index (χ1n) is 6.58. The largest absolute Gasteiger partial charge is 0.462 e. The van der Waals surface area contributed by atoms with E-state index in [9.17, 15) is 9.59 Å². The Labute approximate surface area is 113 Å². The van der Waals surface area contributed by atoms with Crippen LogP contribution < -0.4 is 0 Å². The summed E-state index contributed by atoms with van der Waals surface area (Å²) in [6, 6.07) is -0.245. The molecule has 0 aromatic heterocycles. The van der Waals surface area contributed by atoms with Crippen LogP contribution in [-0.2, 0) is 14.3 Å². The van der Waals surface area contributed by atoms with Crippen LogP contribution in [0.2, 0.25) is 0 Å². The van der Waals surface area contributed by atoms with E-state index < -0.39 is 0 Å². The van der Waals surface area contributed by atoms with E-state index in [1.807, 2.05) is 0 Å². The van der Waals surface area contributed by atoms with Crippen LogP contribution in [-0.4, -0.2) is 42.3 Å². The zero-order chi connectivity index (χ0) is 14.0. The van der Waals surface area contributed by atoms with E-state index in [2.05, 4.69) is 5.92 Å². The molecule has 1 saturated carbocycles. The van der Waals surface area contributed by atoms with Crippen molar-refractivity contribution in [3.05, 3.63) is 0 Å². The quantitative estimate of drug-likeness (QED) is 0.533. The number of carbonyl (C=O) groups is 2. The highest BCUT2D eigenvalue weighted by Gasteiger charge is 2.49. The second-order valence-electron chi connectivity index (χ2n) is 5.11. The summed E-state index contributed by atoms with van der Waals surface area (Å²) in [6.07, 6.45) is 8.30. The summed E-state index contributed by atoms with van der Waals surface area (Å²) in [4.78, 5) is 24.7. The van der Waals surface area contributed by atoms with Crippen LogP contribution >= 0.6 is 0 Å². The molecule has 4 atom stereocenters. The molecule has 1 aliphatic heterocycles. The van der Waals surface area contributed by atoms with Crippen molar-refractivity contribution in [1.82, 2.24) is 4.90 Å². The van der Waals surface area contributed by atoms with Gasteiger partial charge in [0.05, 0.1) is 13.2 Å². The number of carbonyl (C=O) groups excluding carboxylic acids is 2. The van der Waals surface area contributed by atoms with Crippen LogP contribution in [0.4, 0.5) is 4.79 Å². The number of terminal acetylenes is 1. The van der Waals surface area contributed by atoms with E-state index in [1.165, 1.54) is 14.0 Å². The maximum absolute atomic E-state index is 11.9. The monoisotopic (exact) mass is 265 g/mol. The molecule has 5 heteroatoms. The first-order valence-corrected chi connectivity index (χ1v) is 6.58. The number of amides is 1. The standard InChI is InChI=1S/C14H19NO4/c1-4-10-8-11-12(15(10)14(17)18-3)6-5-7-13(11)19-9(2)16/h1,10-13H,5-8H2,2-3H3/t10?,11-,12-,13+/m1/s1. The topological polar surface area (TPSA) is 55.8 Å². The molecule has 0 aromatic rings. The lowest BCUT2D eigenvalue weighted by Crippen LogP contribution is -2.46.